The van der Waals surface area contributed by atoms with E-state index in [4.69, 9.17) is 14.9 Å². The first-order chi connectivity index (χ1) is 7.00. The zero-order valence-corrected chi connectivity index (χ0v) is 9.23. The van der Waals surface area contributed by atoms with Gasteiger partial charge < -0.3 is 14.9 Å². The van der Waals surface area contributed by atoms with Crippen molar-refractivity contribution >= 4 is 24.3 Å². The summed E-state index contributed by atoms with van der Waals surface area (Å²) >= 11 is 0. The molecular formula is C8H11ClN2O5. The van der Waals surface area contributed by atoms with Crippen molar-refractivity contribution < 1.29 is 18.9 Å². The normalized spacial score (nSPS) is 11.4. The number of halogens is 1. The fraction of sp³-hybridized carbons (Fsp3) is 0.375. The van der Waals surface area contributed by atoms with E-state index >= 15 is 0 Å². The van der Waals surface area contributed by atoms with Crippen molar-refractivity contribution in [3.05, 3.63) is 28.0 Å². The number of carbonyl (C=O) groups is 1. The molecule has 0 aliphatic heterocycles. The molecule has 0 aliphatic carbocycles. The summed E-state index contributed by atoms with van der Waals surface area (Å²) < 4.78 is 9.46. The van der Waals surface area contributed by atoms with Crippen LogP contribution in [0.2, 0.25) is 0 Å². The molecule has 1 aromatic heterocycles. The van der Waals surface area contributed by atoms with Gasteiger partial charge in [-0.15, -0.1) is 12.4 Å². The second-order valence-electron chi connectivity index (χ2n) is 2.89. The summed E-state index contributed by atoms with van der Waals surface area (Å²) in [4.78, 5) is 20.5. The molecule has 1 rings (SSSR count). The van der Waals surface area contributed by atoms with Gasteiger partial charge in [0.25, 0.3) is 0 Å². The SMILES string of the molecule is C[C@H](N)C(=O)OCc1ccc([N+](=O)[O-])o1.Cl. The zero-order chi connectivity index (χ0) is 11.4. The lowest BCUT2D eigenvalue weighted by atomic mass is 10.4. The Labute approximate surface area is 97.1 Å². The summed E-state index contributed by atoms with van der Waals surface area (Å²) in [5.74, 6) is -0.772. The first-order valence-electron chi connectivity index (χ1n) is 4.16. The Hall–Kier alpha value is -1.60. The van der Waals surface area contributed by atoms with Gasteiger partial charge in [-0.3, -0.25) is 14.9 Å². The lowest BCUT2D eigenvalue weighted by Crippen LogP contribution is -2.28. The molecule has 0 amide bonds. The van der Waals surface area contributed by atoms with Gasteiger partial charge in [0.2, 0.25) is 0 Å². The Balaban J connectivity index is 0.00000225. The molecule has 0 saturated carbocycles. The van der Waals surface area contributed by atoms with E-state index in [1.54, 1.807) is 0 Å². The molecule has 1 aromatic rings. The average Bonchev–Trinajstić information content (AvgIpc) is 2.62. The Bertz CT molecular complexity index is 376. The van der Waals surface area contributed by atoms with E-state index in [0.29, 0.717) is 0 Å². The third-order valence-corrected chi connectivity index (χ3v) is 1.56. The van der Waals surface area contributed by atoms with Crippen LogP contribution in [0.3, 0.4) is 0 Å². The maximum Gasteiger partial charge on any atom is 0.433 e. The summed E-state index contributed by atoms with van der Waals surface area (Å²) in [5.41, 5.74) is 5.24. The first-order valence-corrected chi connectivity index (χ1v) is 4.16. The molecule has 0 fully saturated rings. The highest BCUT2D eigenvalue weighted by Gasteiger charge is 2.14. The molecule has 0 bridgehead atoms. The van der Waals surface area contributed by atoms with Crippen LogP contribution < -0.4 is 5.73 Å². The predicted molar refractivity (Wildman–Crippen MR) is 56.1 cm³/mol. The molecule has 1 heterocycles. The van der Waals surface area contributed by atoms with Crippen LogP contribution in [0.5, 0.6) is 0 Å². The van der Waals surface area contributed by atoms with Gasteiger partial charge >= 0.3 is 11.9 Å². The Morgan fingerprint density at radius 1 is 1.69 bits per heavy atom. The van der Waals surface area contributed by atoms with E-state index < -0.39 is 16.9 Å². The minimum atomic E-state index is -0.727. The molecule has 16 heavy (non-hydrogen) atoms. The summed E-state index contributed by atoms with van der Waals surface area (Å²) in [6.45, 7) is 1.32. The minimum absolute atomic E-state index is 0. The number of furan rings is 1. The van der Waals surface area contributed by atoms with Crippen molar-refractivity contribution in [3.8, 4) is 0 Å². The number of hydrogen-bond acceptors (Lipinski definition) is 6. The molecule has 0 saturated heterocycles. The molecule has 1 atom stereocenters. The van der Waals surface area contributed by atoms with Gasteiger partial charge in [-0.2, -0.15) is 0 Å². The van der Waals surface area contributed by atoms with E-state index in [-0.39, 0.29) is 30.7 Å². The Morgan fingerprint density at radius 3 is 2.75 bits per heavy atom. The van der Waals surface area contributed by atoms with Gasteiger partial charge in [0.15, 0.2) is 0 Å². The van der Waals surface area contributed by atoms with Gasteiger partial charge in [-0.1, -0.05) is 0 Å². The lowest BCUT2D eigenvalue weighted by Gasteiger charge is -2.04. The number of rotatable bonds is 4. The number of carbonyl (C=O) groups excluding carboxylic acids is 1. The Kier molecular flexibility index (Phi) is 5.48. The fourth-order valence-corrected chi connectivity index (χ4v) is 0.816. The molecule has 90 valence electrons. The highest BCUT2D eigenvalue weighted by Crippen LogP contribution is 2.16. The molecular weight excluding hydrogens is 240 g/mol. The van der Waals surface area contributed by atoms with E-state index in [1.807, 2.05) is 0 Å². The maximum atomic E-state index is 10.9. The van der Waals surface area contributed by atoms with Crippen LogP contribution in [0.15, 0.2) is 16.5 Å². The highest BCUT2D eigenvalue weighted by molar-refractivity contribution is 5.85. The number of hydrogen-bond donors (Lipinski definition) is 1. The number of ether oxygens (including phenoxy) is 1. The molecule has 0 aromatic carbocycles. The standard InChI is InChI=1S/C8H10N2O5.ClH/c1-5(9)8(11)14-4-6-2-3-7(15-6)10(12)13;/h2-3,5H,4,9H2,1H3;1H/t5-;/m0./s1. The zero-order valence-electron chi connectivity index (χ0n) is 8.41. The van der Waals surface area contributed by atoms with Crippen LogP contribution in [0.4, 0.5) is 5.88 Å². The summed E-state index contributed by atoms with van der Waals surface area (Å²) in [5, 5.41) is 10.2. The van der Waals surface area contributed by atoms with Crippen LogP contribution in [0, 0.1) is 10.1 Å². The summed E-state index contributed by atoms with van der Waals surface area (Å²) in [6.07, 6.45) is 0. The van der Waals surface area contributed by atoms with Gasteiger partial charge in [-0.25, -0.2) is 0 Å². The molecule has 0 radical (unpaired) electrons. The third-order valence-electron chi connectivity index (χ3n) is 1.56. The monoisotopic (exact) mass is 250 g/mol. The second-order valence-corrected chi connectivity index (χ2v) is 2.89. The quantitative estimate of drug-likeness (QED) is 0.485. The lowest BCUT2D eigenvalue weighted by molar-refractivity contribution is -0.402. The molecule has 8 heteroatoms. The van der Waals surface area contributed by atoms with Gasteiger partial charge in [0.05, 0.1) is 6.07 Å². The molecule has 0 aliphatic rings. The van der Waals surface area contributed by atoms with Gasteiger partial charge in [-0.05, 0) is 13.0 Å². The van der Waals surface area contributed by atoms with E-state index in [1.165, 1.54) is 19.1 Å². The van der Waals surface area contributed by atoms with Crippen molar-refractivity contribution in [2.75, 3.05) is 0 Å². The van der Waals surface area contributed by atoms with Crippen LogP contribution >= 0.6 is 12.4 Å². The van der Waals surface area contributed by atoms with Gasteiger partial charge in [0.1, 0.15) is 23.3 Å². The molecule has 7 nitrogen and oxygen atoms in total. The average molecular weight is 251 g/mol. The molecule has 0 spiro atoms. The number of esters is 1. The molecule has 0 unspecified atom stereocenters. The van der Waals surface area contributed by atoms with Crippen molar-refractivity contribution in [1.82, 2.24) is 0 Å². The molecule has 2 N–H and O–H groups in total. The minimum Gasteiger partial charge on any atom is -0.456 e. The number of nitro groups is 1. The maximum absolute atomic E-state index is 10.9. The van der Waals surface area contributed by atoms with Crippen LogP contribution in [-0.4, -0.2) is 16.9 Å². The van der Waals surface area contributed by atoms with Crippen LogP contribution in [-0.2, 0) is 16.1 Å². The van der Waals surface area contributed by atoms with E-state index in [2.05, 4.69) is 0 Å². The van der Waals surface area contributed by atoms with Crippen molar-refractivity contribution in [2.45, 2.75) is 19.6 Å². The third kappa shape index (κ3) is 3.87. The Morgan fingerprint density at radius 2 is 2.31 bits per heavy atom. The van der Waals surface area contributed by atoms with Crippen LogP contribution in [0.1, 0.15) is 12.7 Å². The largest absolute Gasteiger partial charge is 0.456 e. The second kappa shape index (κ2) is 6.09. The van der Waals surface area contributed by atoms with Crippen molar-refractivity contribution in [3.63, 3.8) is 0 Å². The fourth-order valence-electron chi connectivity index (χ4n) is 0.816. The van der Waals surface area contributed by atoms with E-state index in [0.717, 1.165) is 0 Å². The van der Waals surface area contributed by atoms with Crippen molar-refractivity contribution in [1.29, 1.82) is 0 Å². The highest BCUT2D eigenvalue weighted by atomic mass is 35.5. The topological polar surface area (TPSA) is 109 Å². The summed E-state index contributed by atoms with van der Waals surface area (Å²) in [6, 6.07) is 1.83. The predicted octanol–water partition coefficient (Wildman–Crippen LogP) is 1.00. The van der Waals surface area contributed by atoms with Crippen LogP contribution in [0.25, 0.3) is 0 Å². The number of nitrogens with two attached hydrogens (primary N) is 1. The van der Waals surface area contributed by atoms with Gasteiger partial charge in [0, 0.05) is 0 Å². The smallest absolute Gasteiger partial charge is 0.433 e. The number of nitrogens with zero attached hydrogens (tertiary/aromatic N) is 1. The van der Waals surface area contributed by atoms with Crippen molar-refractivity contribution in [2.24, 2.45) is 5.73 Å². The van der Waals surface area contributed by atoms with E-state index in [9.17, 15) is 14.9 Å². The summed E-state index contributed by atoms with van der Waals surface area (Å²) in [7, 11) is 0. The first kappa shape index (κ1) is 14.4.